The minimum absolute atomic E-state index is 0.0352. The van der Waals surface area contributed by atoms with Gasteiger partial charge in [0.15, 0.2) is 5.96 Å². The summed E-state index contributed by atoms with van der Waals surface area (Å²) in [5, 5.41) is 6.49. The average Bonchev–Trinajstić information content (AvgIpc) is 3.04. The van der Waals surface area contributed by atoms with E-state index in [1.165, 1.54) is 0 Å². The zero-order valence-corrected chi connectivity index (χ0v) is 17.0. The second-order valence-corrected chi connectivity index (χ2v) is 7.07. The number of thiazole rings is 1. The Balaban J connectivity index is 1.93. The highest BCUT2D eigenvalue weighted by atomic mass is 32.1. The Bertz CT molecular complexity index is 700. The van der Waals surface area contributed by atoms with Crippen LogP contribution >= 0.6 is 11.3 Å². The molecule has 26 heavy (non-hydrogen) atoms. The molecule has 0 bridgehead atoms. The smallest absolute Gasteiger partial charge is 0.194 e. The van der Waals surface area contributed by atoms with Gasteiger partial charge in [-0.3, -0.25) is 0 Å². The van der Waals surface area contributed by atoms with Crippen molar-refractivity contribution in [1.29, 1.82) is 0 Å². The predicted octanol–water partition coefficient (Wildman–Crippen LogP) is 3.32. The first kappa shape index (κ1) is 20.0. The molecule has 0 radical (unpaired) electrons. The molecular formula is C19H28N4O2S. The highest BCUT2D eigenvalue weighted by molar-refractivity contribution is 7.09. The van der Waals surface area contributed by atoms with E-state index in [-0.39, 0.29) is 6.10 Å². The van der Waals surface area contributed by atoms with Crippen LogP contribution in [0.5, 0.6) is 11.5 Å². The molecule has 0 aliphatic rings. The summed E-state index contributed by atoms with van der Waals surface area (Å²) >= 11 is 1.67. The standard InChI is InChI=1S/C19H28N4O2S/c1-6-20-19(23(4)12-16-13-26-15(3)22-16)21-11-14(2)25-18-9-7-17(24-5)8-10-18/h7-10,13-14H,6,11-12H2,1-5H3,(H,20,21). The number of ether oxygens (including phenoxy) is 2. The Morgan fingerprint density at radius 1 is 1.31 bits per heavy atom. The Labute approximate surface area is 159 Å². The molecule has 142 valence electrons. The molecule has 1 N–H and O–H groups in total. The summed E-state index contributed by atoms with van der Waals surface area (Å²) in [6, 6.07) is 7.58. The number of hydrogen-bond donors (Lipinski definition) is 1. The van der Waals surface area contributed by atoms with E-state index in [1.807, 2.05) is 45.2 Å². The normalized spacial score (nSPS) is 12.6. The maximum atomic E-state index is 5.92. The lowest BCUT2D eigenvalue weighted by Crippen LogP contribution is -2.39. The lowest BCUT2D eigenvalue weighted by atomic mass is 10.3. The summed E-state index contributed by atoms with van der Waals surface area (Å²) in [5.74, 6) is 2.48. The number of aryl methyl sites for hydroxylation is 1. The molecule has 0 spiro atoms. The zero-order valence-electron chi connectivity index (χ0n) is 16.2. The highest BCUT2D eigenvalue weighted by Crippen LogP contribution is 2.18. The second-order valence-electron chi connectivity index (χ2n) is 6.01. The highest BCUT2D eigenvalue weighted by Gasteiger charge is 2.10. The van der Waals surface area contributed by atoms with Gasteiger partial charge in [0.25, 0.3) is 0 Å². The average molecular weight is 377 g/mol. The van der Waals surface area contributed by atoms with Crippen LogP contribution in [0, 0.1) is 6.92 Å². The quantitative estimate of drug-likeness (QED) is 0.566. The first-order valence-corrected chi connectivity index (χ1v) is 9.61. The van der Waals surface area contributed by atoms with Gasteiger partial charge in [0.2, 0.25) is 0 Å². The molecule has 1 atom stereocenters. The molecule has 0 aliphatic carbocycles. The van der Waals surface area contributed by atoms with E-state index < -0.39 is 0 Å². The van der Waals surface area contributed by atoms with Crippen LogP contribution in [0.1, 0.15) is 24.5 Å². The van der Waals surface area contributed by atoms with Crippen LogP contribution in [0.4, 0.5) is 0 Å². The first-order valence-electron chi connectivity index (χ1n) is 8.73. The summed E-state index contributed by atoms with van der Waals surface area (Å²) in [4.78, 5) is 11.3. The minimum Gasteiger partial charge on any atom is -0.497 e. The lowest BCUT2D eigenvalue weighted by molar-refractivity contribution is 0.229. The third-order valence-electron chi connectivity index (χ3n) is 3.66. The monoisotopic (exact) mass is 376 g/mol. The molecule has 1 aromatic carbocycles. The predicted molar refractivity (Wildman–Crippen MR) is 107 cm³/mol. The van der Waals surface area contributed by atoms with Crippen molar-refractivity contribution in [2.45, 2.75) is 33.4 Å². The Morgan fingerprint density at radius 3 is 2.58 bits per heavy atom. The fourth-order valence-electron chi connectivity index (χ4n) is 2.41. The molecule has 1 unspecified atom stereocenters. The van der Waals surface area contributed by atoms with E-state index in [0.29, 0.717) is 6.54 Å². The molecule has 7 heteroatoms. The van der Waals surface area contributed by atoms with E-state index in [9.17, 15) is 0 Å². The van der Waals surface area contributed by atoms with Crippen molar-refractivity contribution in [3.05, 3.63) is 40.3 Å². The molecular weight excluding hydrogens is 348 g/mol. The maximum Gasteiger partial charge on any atom is 0.194 e. The molecule has 0 saturated heterocycles. The second kappa shape index (κ2) is 10.0. The van der Waals surface area contributed by atoms with Crippen LogP contribution in [0.2, 0.25) is 0 Å². The van der Waals surface area contributed by atoms with Gasteiger partial charge in [0, 0.05) is 19.0 Å². The van der Waals surface area contributed by atoms with Crippen LogP contribution < -0.4 is 14.8 Å². The van der Waals surface area contributed by atoms with Gasteiger partial charge < -0.3 is 19.7 Å². The largest absolute Gasteiger partial charge is 0.497 e. The van der Waals surface area contributed by atoms with Crippen molar-refractivity contribution in [3.63, 3.8) is 0 Å². The summed E-state index contributed by atoms with van der Waals surface area (Å²) in [7, 11) is 3.67. The van der Waals surface area contributed by atoms with E-state index in [0.717, 1.165) is 41.2 Å². The summed E-state index contributed by atoms with van der Waals surface area (Å²) in [5.41, 5.74) is 1.06. The van der Waals surface area contributed by atoms with E-state index >= 15 is 0 Å². The number of methoxy groups -OCH3 is 1. The van der Waals surface area contributed by atoms with Crippen molar-refractivity contribution in [3.8, 4) is 11.5 Å². The SMILES string of the molecule is CCNC(=NCC(C)Oc1ccc(OC)cc1)N(C)Cc1csc(C)n1. The van der Waals surface area contributed by atoms with Crippen molar-refractivity contribution >= 4 is 17.3 Å². The number of guanidine groups is 1. The van der Waals surface area contributed by atoms with Gasteiger partial charge >= 0.3 is 0 Å². The molecule has 1 aromatic heterocycles. The Hall–Kier alpha value is -2.28. The lowest BCUT2D eigenvalue weighted by Gasteiger charge is -2.22. The van der Waals surface area contributed by atoms with Crippen molar-refractivity contribution < 1.29 is 9.47 Å². The van der Waals surface area contributed by atoms with Crippen LogP contribution in [-0.4, -0.2) is 49.2 Å². The summed E-state index contributed by atoms with van der Waals surface area (Å²) in [6.07, 6.45) is -0.0352. The molecule has 0 fully saturated rings. The molecule has 2 rings (SSSR count). The molecule has 6 nitrogen and oxygen atoms in total. The Kier molecular flexibility index (Phi) is 7.72. The zero-order chi connectivity index (χ0) is 18.9. The van der Waals surface area contributed by atoms with Crippen LogP contribution in [-0.2, 0) is 6.54 Å². The number of aromatic nitrogens is 1. The molecule has 0 aliphatic heterocycles. The van der Waals surface area contributed by atoms with Crippen LogP contribution in [0.25, 0.3) is 0 Å². The fraction of sp³-hybridized carbons (Fsp3) is 0.474. The van der Waals surface area contributed by atoms with E-state index in [4.69, 9.17) is 14.5 Å². The van der Waals surface area contributed by atoms with Gasteiger partial charge in [-0.1, -0.05) is 0 Å². The molecule has 2 aromatic rings. The van der Waals surface area contributed by atoms with Crippen molar-refractivity contribution in [1.82, 2.24) is 15.2 Å². The number of rotatable bonds is 8. The summed E-state index contributed by atoms with van der Waals surface area (Å²) in [6.45, 7) is 8.20. The molecule has 1 heterocycles. The topological polar surface area (TPSA) is 59.0 Å². The van der Waals surface area contributed by atoms with Gasteiger partial charge in [-0.15, -0.1) is 11.3 Å². The number of benzene rings is 1. The number of nitrogens with one attached hydrogen (secondary N) is 1. The van der Waals surface area contributed by atoms with Gasteiger partial charge in [0.05, 0.1) is 30.9 Å². The van der Waals surface area contributed by atoms with Crippen molar-refractivity contribution in [2.75, 3.05) is 27.2 Å². The van der Waals surface area contributed by atoms with Gasteiger partial charge in [0.1, 0.15) is 17.6 Å². The van der Waals surface area contributed by atoms with Gasteiger partial charge in [-0.05, 0) is 45.0 Å². The summed E-state index contributed by atoms with van der Waals surface area (Å²) < 4.78 is 11.1. The first-order chi connectivity index (χ1) is 12.5. The maximum absolute atomic E-state index is 5.92. The number of nitrogens with zero attached hydrogens (tertiary/aromatic N) is 3. The van der Waals surface area contributed by atoms with Gasteiger partial charge in [-0.25, -0.2) is 9.98 Å². The van der Waals surface area contributed by atoms with Crippen LogP contribution in [0.3, 0.4) is 0 Å². The fourth-order valence-corrected chi connectivity index (χ4v) is 3.01. The van der Waals surface area contributed by atoms with Gasteiger partial charge in [-0.2, -0.15) is 0 Å². The van der Waals surface area contributed by atoms with E-state index in [2.05, 4.69) is 27.5 Å². The molecule has 0 amide bonds. The molecule has 0 saturated carbocycles. The van der Waals surface area contributed by atoms with Crippen molar-refractivity contribution in [2.24, 2.45) is 4.99 Å². The van der Waals surface area contributed by atoms with E-state index in [1.54, 1.807) is 18.4 Å². The number of hydrogen-bond acceptors (Lipinski definition) is 5. The Morgan fingerprint density at radius 2 is 2.00 bits per heavy atom. The number of aliphatic imine (C=N–C) groups is 1. The van der Waals surface area contributed by atoms with Crippen LogP contribution in [0.15, 0.2) is 34.6 Å². The third-order valence-corrected chi connectivity index (χ3v) is 4.48. The minimum atomic E-state index is -0.0352. The third kappa shape index (κ3) is 6.22.